The molecule has 2 nitrogen and oxygen atoms in total. The van der Waals surface area contributed by atoms with E-state index in [1.54, 1.807) is 12.1 Å². The summed E-state index contributed by atoms with van der Waals surface area (Å²) in [4.78, 5) is 0. The highest BCUT2D eigenvalue weighted by molar-refractivity contribution is 9.10. The van der Waals surface area contributed by atoms with Crippen molar-refractivity contribution in [2.75, 3.05) is 0 Å². The molecule has 2 aromatic rings. The molecule has 20 heavy (non-hydrogen) atoms. The highest BCUT2D eigenvalue weighted by atomic mass is 79.9. The minimum Gasteiger partial charge on any atom is -0.271 e. The number of benzene rings is 2. The molecule has 2 aromatic carbocycles. The van der Waals surface area contributed by atoms with E-state index in [1.807, 2.05) is 25.1 Å². The van der Waals surface area contributed by atoms with Crippen molar-refractivity contribution >= 4 is 43.5 Å². The molecule has 1 unspecified atom stereocenters. The van der Waals surface area contributed by atoms with Gasteiger partial charge < -0.3 is 0 Å². The molecule has 0 amide bonds. The van der Waals surface area contributed by atoms with E-state index in [0.717, 1.165) is 15.6 Å². The second-order valence-corrected chi connectivity index (χ2v) is 6.48. The van der Waals surface area contributed by atoms with Gasteiger partial charge in [-0.1, -0.05) is 51.3 Å². The zero-order valence-corrected chi connectivity index (χ0v) is 14.5. The summed E-state index contributed by atoms with van der Waals surface area (Å²) in [5.41, 5.74) is 4.96. The fraction of sp³-hybridized carbons (Fsp3) is 0.143. The topological polar surface area (TPSA) is 38.0 Å². The number of hydrogen-bond donors (Lipinski definition) is 2. The maximum absolute atomic E-state index is 14.3. The number of hydrazine groups is 1. The third-order valence-corrected chi connectivity index (χ3v) is 4.99. The van der Waals surface area contributed by atoms with Crippen LogP contribution in [0.1, 0.15) is 22.7 Å². The van der Waals surface area contributed by atoms with E-state index >= 15 is 0 Å². The van der Waals surface area contributed by atoms with Crippen LogP contribution in [0, 0.1) is 12.7 Å². The number of nitrogens with two attached hydrogens (primary N) is 1. The summed E-state index contributed by atoms with van der Waals surface area (Å²) in [6.07, 6.45) is 0. The van der Waals surface area contributed by atoms with Gasteiger partial charge >= 0.3 is 0 Å². The molecule has 1 atom stereocenters. The van der Waals surface area contributed by atoms with Gasteiger partial charge in [-0.05, 0) is 40.5 Å². The summed E-state index contributed by atoms with van der Waals surface area (Å²) in [5.74, 6) is 5.13. The standard InChI is InChI=1S/C14H12Br2ClFN2/c1-7-2-4-10(15)9(6-7)14(20-19)8-3-5-11(16)12(17)13(8)18/h2-6,14,20H,19H2,1H3. The predicted octanol–water partition coefficient (Wildman–Crippen LogP) is 4.87. The molecule has 0 saturated heterocycles. The van der Waals surface area contributed by atoms with Gasteiger partial charge in [0, 0.05) is 14.5 Å². The van der Waals surface area contributed by atoms with Gasteiger partial charge in [0.25, 0.3) is 0 Å². The van der Waals surface area contributed by atoms with E-state index in [1.165, 1.54) is 0 Å². The fourth-order valence-electron chi connectivity index (χ4n) is 2.00. The third-order valence-electron chi connectivity index (χ3n) is 3.01. The Morgan fingerprint density at radius 2 is 1.80 bits per heavy atom. The molecular weight excluding hydrogens is 410 g/mol. The Labute approximate surface area is 138 Å². The molecule has 0 aliphatic heterocycles. The van der Waals surface area contributed by atoms with Crippen LogP contribution in [0.3, 0.4) is 0 Å². The largest absolute Gasteiger partial charge is 0.271 e. The molecule has 0 heterocycles. The average molecular weight is 423 g/mol. The molecule has 0 bridgehead atoms. The molecule has 0 saturated carbocycles. The van der Waals surface area contributed by atoms with Crippen LogP contribution in [0.25, 0.3) is 0 Å². The lowest BCUT2D eigenvalue weighted by molar-refractivity contribution is 0.559. The number of aryl methyl sites for hydroxylation is 1. The van der Waals surface area contributed by atoms with E-state index in [-0.39, 0.29) is 5.02 Å². The average Bonchev–Trinajstić information content (AvgIpc) is 2.43. The summed E-state index contributed by atoms with van der Waals surface area (Å²) >= 11 is 12.6. The maximum atomic E-state index is 14.3. The Bertz CT molecular complexity index is 649. The van der Waals surface area contributed by atoms with E-state index < -0.39 is 11.9 Å². The molecule has 2 rings (SSSR count). The quantitative estimate of drug-likeness (QED) is 0.421. The van der Waals surface area contributed by atoms with Crippen molar-refractivity contribution in [1.82, 2.24) is 5.43 Å². The van der Waals surface area contributed by atoms with Crippen LogP contribution in [-0.4, -0.2) is 0 Å². The highest BCUT2D eigenvalue weighted by Crippen LogP contribution is 2.35. The first-order valence-electron chi connectivity index (χ1n) is 5.81. The third kappa shape index (κ3) is 3.07. The first-order valence-corrected chi connectivity index (χ1v) is 7.77. The van der Waals surface area contributed by atoms with Crippen molar-refractivity contribution in [3.05, 3.63) is 66.8 Å². The summed E-state index contributed by atoms with van der Waals surface area (Å²) in [7, 11) is 0. The lowest BCUT2D eigenvalue weighted by Crippen LogP contribution is -2.30. The Kier molecular flexibility index (Phi) is 5.20. The van der Waals surface area contributed by atoms with Gasteiger partial charge in [0.2, 0.25) is 0 Å². The first-order chi connectivity index (χ1) is 9.45. The Balaban J connectivity index is 2.58. The van der Waals surface area contributed by atoms with E-state index in [4.69, 9.17) is 17.4 Å². The van der Waals surface area contributed by atoms with Gasteiger partial charge in [0.15, 0.2) is 0 Å². The Morgan fingerprint density at radius 3 is 2.45 bits per heavy atom. The highest BCUT2D eigenvalue weighted by Gasteiger charge is 2.21. The van der Waals surface area contributed by atoms with Crippen LogP contribution in [-0.2, 0) is 0 Å². The van der Waals surface area contributed by atoms with Crippen molar-refractivity contribution in [3.63, 3.8) is 0 Å². The van der Waals surface area contributed by atoms with Gasteiger partial charge in [-0.15, -0.1) is 0 Å². The molecular formula is C14H12Br2ClFN2. The minimum absolute atomic E-state index is 0.0477. The fourth-order valence-corrected chi connectivity index (χ4v) is 2.95. The van der Waals surface area contributed by atoms with Gasteiger partial charge in [0.05, 0.1) is 11.1 Å². The van der Waals surface area contributed by atoms with Crippen LogP contribution >= 0.6 is 43.5 Å². The normalized spacial score (nSPS) is 12.5. The molecule has 0 aliphatic rings. The smallest absolute Gasteiger partial charge is 0.148 e. The summed E-state index contributed by atoms with van der Waals surface area (Å²) < 4.78 is 15.7. The van der Waals surface area contributed by atoms with Gasteiger partial charge in [-0.2, -0.15) is 0 Å². The number of halogens is 4. The number of nitrogens with one attached hydrogen (secondary N) is 1. The zero-order chi connectivity index (χ0) is 14.9. The Hall–Kier alpha value is -0.460. The first kappa shape index (κ1) is 15.9. The second kappa shape index (κ2) is 6.54. The number of hydrogen-bond acceptors (Lipinski definition) is 2. The SMILES string of the molecule is Cc1ccc(Br)c(C(NN)c2ccc(Br)c(Cl)c2F)c1. The van der Waals surface area contributed by atoms with Crippen molar-refractivity contribution < 1.29 is 4.39 Å². The van der Waals surface area contributed by atoms with E-state index in [0.29, 0.717) is 10.0 Å². The molecule has 0 aromatic heterocycles. The predicted molar refractivity (Wildman–Crippen MR) is 87.2 cm³/mol. The molecule has 0 radical (unpaired) electrons. The van der Waals surface area contributed by atoms with Crippen LogP contribution in [0.15, 0.2) is 39.3 Å². The van der Waals surface area contributed by atoms with Gasteiger partial charge in [-0.3, -0.25) is 5.84 Å². The van der Waals surface area contributed by atoms with Crippen LogP contribution in [0.2, 0.25) is 5.02 Å². The van der Waals surface area contributed by atoms with Crippen LogP contribution in [0.4, 0.5) is 4.39 Å². The number of rotatable bonds is 3. The molecule has 0 fully saturated rings. The van der Waals surface area contributed by atoms with Crippen molar-refractivity contribution in [2.24, 2.45) is 5.84 Å². The van der Waals surface area contributed by atoms with E-state index in [9.17, 15) is 4.39 Å². The van der Waals surface area contributed by atoms with Crippen LogP contribution < -0.4 is 11.3 Å². The Morgan fingerprint density at radius 1 is 1.15 bits per heavy atom. The zero-order valence-electron chi connectivity index (χ0n) is 10.6. The van der Waals surface area contributed by atoms with Gasteiger partial charge in [-0.25, -0.2) is 9.82 Å². The van der Waals surface area contributed by atoms with Crippen molar-refractivity contribution in [3.8, 4) is 0 Å². The monoisotopic (exact) mass is 420 g/mol. The molecule has 6 heteroatoms. The summed E-state index contributed by atoms with van der Waals surface area (Å²) in [6, 6.07) is 8.69. The minimum atomic E-state index is -0.491. The molecule has 0 spiro atoms. The van der Waals surface area contributed by atoms with Crippen LogP contribution in [0.5, 0.6) is 0 Å². The van der Waals surface area contributed by atoms with E-state index in [2.05, 4.69) is 37.3 Å². The molecule has 106 valence electrons. The lowest BCUT2D eigenvalue weighted by atomic mass is 9.97. The summed E-state index contributed by atoms with van der Waals surface area (Å²) in [5, 5.41) is 0.0477. The maximum Gasteiger partial charge on any atom is 0.148 e. The lowest BCUT2D eigenvalue weighted by Gasteiger charge is -2.20. The second-order valence-electron chi connectivity index (χ2n) is 4.39. The molecule has 0 aliphatic carbocycles. The van der Waals surface area contributed by atoms with Gasteiger partial charge in [0.1, 0.15) is 5.82 Å². The summed E-state index contributed by atoms with van der Waals surface area (Å²) in [6.45, 7) is 1.97. The van der Waals surface area contributed by atoms with Crippen molar-refractivity contribution in [2.45, 2.75) is 13.0 Å². The molecule has 3 N–H and O–H groups in total. The van der Waals surface area contributed by atoms with Crippen molar-refractivity contribution in [1.29, 1.82) is 0 Å².